The van der Waals surface area contributed by atoms with Crippen molar-refractivity contribution in [1.29, 1.82) is 0 Å². The molecule has 0 fully saturated rings. The van der Waals surface area contributed by atoms with Crippen LogP contribution in [0, 0.1) is 5.82 Å². The minimum atomic E-state index is -0.293. The number of hydrogen-bond donors (Lipinski definition) is 0. The lowest BCUT2D eigenvalue weighted by Crippen LogP contribution is -1.95. The summed E-state index contributed by atoms with van der Waals surface area (Å²) in [5, 5.41) is 4.82. The highest BCUT2D eigenvalue weighted by Gasteiger charge is 2.16. The van der Waals surface area contributed by atoms with Crippen LogP contribution in [0.25, 0.3) is 22.4 Å². The normalized spacial score (nSPS) is 11.2. The maximum atomic E-state index is 13.0. The van der Waals surface area contributed by atoms with Crippen LogP contribution in [0.15, 0.2) is 24.3 Å². The topological polar surface area (TPSA) is 43.6 Å². The van der Waals surface area contributed by atoms with Gasteiger partial charge in [-0.05, 0) is 30.7 Å². The third kappa shape index (κ3) is 2.49. The average molecular weight is 305 g/mol. The molecule has 108 valence electrons. The third-order valence-electron chi connectivity index (χ3n) is 3.30. The highest BCUT2D eigenvalue weighted by atomic mass is 35.5. The SMILES string of the molecule is CCCc1nn(C)c2c(Cl)nc(-c3ccc(F)cc3)nc12. The third-order valence-corrected chi connectivity index (χ3v) is 3.56. The Balaban J connectivity index is 2.21. The quantitative estimate of drug-likeness (QED) is 0.692. The Morgan fingerprint density at radius 1 is 1.19 bits per heavy atom. The molecule has 0 aliphatic heterocycles. The highest BCUT2D eigenvalue weighted by Crippen LogP contribution is 2.27. The zero-order valence-corrected chi connectivity index (χ0v) is 12.5. The van der Waals surface area contributed by atoms with Crippen LogP contribution in [0.2, 0.25) is 5.15 Å². The van der Waals surface area contributed by atoms with Crippen molar-refractivity contribution in [2.24, 2.45) is 7.05 Å². The number of aromatic nitrogens is 4. The second kappa shape index (κ2) is 5.41. The van der Waals surface area contributed by atoms with Crippen LogP contribution >= 0.6 is 11.6 Å². The maximum Gasteiger partial charge on any atom is 0.161 e. The van der Waals surface area contributed by atoms with Crippen molar-refractivity contribution in [2.45, 2.75) is 19.8 Å². The van der Waals surface area contributed by atoms with Gasteiger partial charge in [-0.2, -0.15) is 5.10 Å². The number of benzene rings is 1. The van der Waals surface area contributed by atoms with E-state index in [0.29, 0.717) is 11.0 Å². The predicted octanol–water partition coefficient (Wildman–Crippen LogP) is 3.78. The number of halogens is 2. The van der Waals surface area contributed by atoms with Gasteiger partial charge in [-0.1, -0.05) is 24.9 Å². The zero-order chi connectivity index (χ0) is 15.0. The lowest BCUT2D eigenvalue weighted by Gasteiger charge is -2.03. The van der Waals surface area contributed by atoms with Crippen LogP contribution in [0.5, 0.6) is 0 Å². The second-order valence-corrected chi connectivity index (χ2v) is 5.22. The molecule has 2 heterocycles. The number of hydrogen-bond acceptors (Lipinski definition) is 3. The number of fused-ring (bicyclic) bond motifs is 1. The summed E-state index contributed by atoms with van der Waals surface area (Å²) < 4.78 is 14.7. The van der Waals surface area contributed by atoms with E-state index in [4.69, 9.17) is 11.6 Å². The summed E-state index contributed by atoms with van der Waals surface area (Å²) in [7, 11) is 1.83. The molecular formula is C15H14ClFN4. The van der Waals surface area contributed by atoms with Gasteiger partial charge in [0.15, 0.2) is 11.0 Å². The van der Waals surface area contributed by atoms with Crippen LogP contribution in [0.3, 0.4) is 0 Å². The zero-order valence-electron chi connectivity index (χ0n) is 11.8. The fourth-order valence-corrected chi connectivity index (χ4v) is 2.62. The van der Waals surface area contributed by atoms with Gasteiger partial charge >= 0.3 is 0 Å². The number of aryl methyl sites for hydroxylation is 2. The fraction of sp³-hybridized carbons (Fsp3) is 0.267. The molecular weight excluding hydrogens is 291 g/mol. The number of nitrogens with zero attached hydrogens (tertiary/aromatic N) is 4. The van der Waals surface area contributed by atoms with Gasteiger partial charge in [-0.15, -0.1) is 0 Å². The molecule has 6 heteroatoms. The minimum absolute atomic E-state index is 0.293. The minimum Gasteiger partial charge on any atom is -0.263 e. The first kappa shape index (κ1) is 13.9. The molecule has 0 unspecified atom stereocenters. The summed E-state index contributed by atoms with van der Waals surface area (Å²) in [6.07, 6.45) is 1.80. The van der Waals surface area contributed by atoms with Gasteiger partial charge in [0.2, 0.25) is 0 Å². The Bertz CT molecular complexity index is 796. The molecule has 4 nitrogen and oxygen atoms in total. The van der Waals surface area contributed by atoms with Crippen LogP contribution in [-0.4, -0.2) is 19.7 Å². The summed E-state index contributed by atoms with van der Waals surface area (Å²) in [5.74, 6) is 0.192. The second-order valence-electron chi connectivity index (χ2n) is 4.86. The average Bonchev–Trinajstić information content (AvgIpc) is 2.77. The van der Waals surface area contributed by atoms with E-state index < -0.39 is 0 Å². The molecule has 0 N–H and O–H groups in total. The van der Waals surface area contributed by atoms with E-state index in [1.54, 1.807) is 16.8 Å². The molecule has 0 saturated heterocycles. The highest BCUT2D eigenvalue weighted by molar-refractivity contribution is 6.33. The first-order valence-corrected chi connectivity index (χ1v) is 7.13. The van der Waals surface area contributed by atoms with Crippen molar-refractivity contribution in [3.8, 4) is 11.4 Å². The largest absolute Gasteiger partial charge is 0.263 e. The van der Waals surface area contributed by atoms with E-state index >= 15 is 0 Å². The molecule has 0 aliphatic rings. The van der Waals surface area contributed by atoms with Gasteiger partial charge in [0.05, 0.1) is 5.69 Å². The Morgan fingerprint density at radius 2 is 1.90 bits per heavy atom. The van der Waals surface area contributed by atoms with Gasteiger partial charge in [-0.3, -0.25) is 4.68 Å². The van der Waals surface area contributed by atoms with E-state index in [-0.39, 0.29) is 5.82 Å². The van der Waals surface area contributed by atoms with Crippen LogP contribution < -0.4 is 0 Å². The smallest absolute Gasteiger partial charge is 0.161 e. The standard InChI is InChI=1S/C15H14ClFN4/c1-3-4-11-12-13(21(2)20-11)14(16)19-15(18-12)9-5-7-10(17)8-6-9/h5-8H,3-4H2,1-2H3. The first-order valence-electron chi connectivity index (χ1n) is 6.75. The summed E-state index contributed by atoms with van der Waals surface area (Å²) in [5.41, 5.74) is 3.12. The van der Waals surface area contributed by atoms with Crippen molar-refractivity contribution < 1.29 is 4.39 Å². The molecule has 3 aromatic rings. The van der Waals surface area contributed by atoms with E-state index in [2.05, 4.69) is 22.0 Å². The molecule has 0 aliphatic carbocycles. The Morgan fingerprint density at radius 3 is 2.57 bits per heavy atom. The molecule has 0 atom stereocenters. The Kier molecular flexibility index (Phi) is 3.59. The molecule has 1 aromatic carbocycles. The van der Waals surface area contributed by atoms with E-state index in [0.717, 1.165) is 35.1 Å². The predicted molar refractivity (Wildman–Crippen MR) is 80.7 cm³/mol. The first-order chi connectivity index (χ1) is 10.1. The molecule has 21 heavy (non-hydrogen) atoms. The van der Waals surface area contributed by atoms with Crippen molar-refractivity contribution >= 4 is 22.6 Å². The van der Waals surface area contributed by atoms with Gasteiger partial charge in [-0.25, -0.2) is 14.4 Å². The molecule has 0 spiro atoms. The molecule has 0 bridgehead atoms. The van der Waals surface area contributed by atoms with Crippen molar-refractivity contribution in [3.05, 3.63) is 40.9 Å². The fourth-order valence-electron chi connectivity index (χ4n) is 2.33. The van der Waals surface area contributed by atoms with Crippen molar-refractivity contribution in [2.75, 3.05) is 0 Å². The summed E-state index contributed by atoms with van der Waals surface area (Å²) in [6, 6.07) is 6.05. The lowest BCUT2D eigenvalue weighted by atomic mass is 10.2. The molecule has 3 rings (SSSR count). The van der Waals surface area contributed by atoms with E-state index in [1.165, 1.54) is 12.1 Å². The monoisotopic (exact) mass is 304 g/mol. The molecule has 2 aromatic heterocycles. The Labute approximate surface area is 126 Å². The summed E-state index contributed by atoms with van der Waals surface area (Å²) >= 11 is 6.28. The number of rotatable bonds is 3. The van der Waals surface area contributed by atoms with Gasteiger partial charge in [0.25, 0.3) is 0 Å². The van der Waals surface area contributed by atoms with Crippen LogP contribution in [0.1, 0.15) is 19.0 Å². The van der Waals surface area contributed by atoms with Crippen molar-refractivity contribution in [1.82, 2.24) is 19.7 Å². The summed E-state index contributed by atoms with van der Waals surface area (Å²) in [6.45, 7) is 2.09. The van der Waals surface area contributed by atoms with Crippen molar-refractivity contribution in [3.63, 3.8) is 0 Å². The van der Waals surface area contributed by atoms with Crippen LogP contribution in [-0.2, 0) is 13.5 Å². The molecule has 0 saturated carbocycles. The van der Waals surface area contributed by atoms with Gasteiger partial charge < -0.3 is 0 Å². The lowest BCUT2D eigenvalue weighted by molar-refractivity contribution is 0.628. The molecule has 0 radical (unpaired) electrons. The summed E-state index contributed by atoms with van der Waals surface area (Å²) in [4.78, 5) is 8.88. The molecule has 0 amide bonds. The van der Waals surface area contributed by atoms with Gasteiger partial charge in [0, 0.05) is 12.6 Å². The van der Waals surface area contributed by atoms with Gasteiger partial charge in [0.1, 0.15) is 16.9 Å². The Hall–Kier alpha value is -2.01. The maximum absolute atomic E-state index is 13.0. The van der Waals surface area contributed by atoms with E-state index in [1.807, 2.05) is 7.05 Å². The van der Waals surface area contributed by atoms with Crippen LogP contribution in [0.4, 0.5) is 4.39 Å². The van der Waals surface area contributed by atoms with E-state index in [9.17, 15) is 4.39 Å².